The van der Waals surface area contributed by atoms with E-state index in [0.717, 1.165) is 32.1 Å². The van der Waals surface area contributed by atoms with Crippen molar-refractivity contribution in [3.8, 4) is 5.88 Å². The second kappa shape index (κ2) is 5.95. The van der Waals surface area contributed by atoms with E-state index >= 15 is 0 Å². The van der Waals surface area contributed by atoms with Gasteiger partial charge >= 0.3 is 0 Å². The number of hydrogen-bond acceptors (Lipinski definition) is 4. The molecule has 2 atom stereocenters. The molecule has 5 nitrogen and oxygen atoms in total. The molecular weight excluding hydrogens is 256 g/mol. The van der Waals surface area contributed by atoms with Crippen LogP contribution in [-0.4, -0.2) is 22.2 Å². The van der Waals surface area contributed by atoms with E-state index in [9.17, 15) is 9.90 Å². The van der Waals surface area contributed by atoms with E-state index in [1.54, 1.807) is 7.11 Å². The van der Waals surface area contributed by atoms with E-state index in [0.29, 0.717) is 23.7 Å². The van der Waals surface area contributed by atoms with Crippen LogP contribution in [0.2, 0.25) is 0 Å². The molecule has 5 heteroatoms. The van der Waals surface area contributed by atoms with Gasteiger partial charge < -0.3 is 14.8 Å². The minimum Gasteiger partial charge on any atom is -0.493 e. The number of rotatable bonds is 4. The maximum Gasteiger partial charge on any atom is 0.258 e. The fourth-order valence-corrected chi connectivity index (χ4v) is 3.18. The van der Waals surface area contributed by atoms with Gasteiger partial charge in [0.25, 0.3) is 5.56 Å². The van der Waals surface area contributed by atoms with Crippen LogP contribution in [0.3, 0.4) is 0 Å². The topological polar surface area (TPSA) is 75.2 Å². The Labute approximate surface area is 119 Å². The average Bonchev–Trinajstić information content (AvgIpc) is 2.42. The number of methoxy groups -OCH3 is 1. The van der Waals surface area contributed by atoms with Gasteiger partial charge in [0.1, 0.15) is 11.4 Å². The normalized spacial score (nSPS) is 26.6. The van der Waals surface area contributed by atoms with Crippen LogP contribution in [-0.2, 0) is 16.8 Å². The Morgan fingerprint density at radius 2 is 2.30 bits per heavy atom. The first kappa shape index (κ1) is 15.0. The number of aromatic hydroxyl groups is 1. The van der Waals surface area contributed by atoms with Gasteiger partial charge in [-0.15, -0.1) is 0 Å². The van der Waals surface area contributed by atoms with Crippen molar-refractivity contribution >= 4 is 0 Å². The number of nitrogens with zero attached hydrogens (tertiary/aromatic N) is 1. The Hall–Kier alpha value is -1.36. The molecule has 1 aromatic rings. The molecule has 112 valence electrons. The van der Waals surface area contributed by atoms with Gasteiger partial charge in [0.2, 0.25) is 5.88 Å². The monoisotopic (exact) mass is 280 g/mol. The summed E-state index contributed by atoms with van der Waals surface area (Å²) < 4.78 is 5.70. The predicted molar refractivity (Wildman–Crippen MR) is 76.8 cm³/mol. The number of ether oxygens (including phenoxy) is 1. The molecule has 0 amide bonds. The highest BCUT2D eigenvalue weighted by Crippen LogP contribution is 2.41. The molecule has 1 saturated carbocycles. The first-order valence-corrected chi connectivity index (χ1v) is 7.40. The van der Waals surface area contributed by atoms with Gasteiger partial charge in [-0.1, -0.05) is 26.7 Å². The van der Waals surface area contributed by atoms with E-state index in [-0.39, 0.29) is 11.4 Å². The predicted octanol–water partition coefficient (Wildman–Crippen LogP) is 2.48. The molecule has 0 radical (unpaired) electrons. The third-order valence-corrected chi connectivity index (χ3v) is 4.27. The zero-order valence-corrected chi connectivity index (χ0v) is 12.5. The fraction of sp³-hybridized carbons (Fsp3) is 0.733. The number of aromatic amines is 1. The summed E-state index contributed by atoms with van der Waals surface area (Å²) in [6.07, 6.45) is 5.17. The van der Waals surface area contributed by atoms with Crippen LogP contribution in [0.5, 0.6) is 5.88 Å². The summed E-state index contributed by atoms with van der Waals surface area (Å²) in [5.41, 5.74) is -0.450. The van der Waals surface area contributed by atoms with Crippen molar-refractivity contribution in [1.29, 1.82) is 0 Å². The highest BCUT2D eigenvalue weighted by molar-refractivity contribution is 5.24. The third kappa shape index (κ3) is 2.73. The molecule has 1 aliphatic carbocycles. The van der Waals surface area contributed by atoms with Crippen molar-refractivity contribution < 1.29 is 9.84 Å². The van der Waals surface area contributed by atoms with Gasteiger partial charge in [0.15, 0.2) is 0 Å². The summed E-state index contributed by atoms with van der Waals surface area (Å²) in [4.78, 5) is 19.2. The van der Waals surface area contributed by atoms with Gasteiger partial charge in [-0.2, -0.15) is 4.98 Å². The number of nitrogens with one attached hydrogen (secondary N) is 1. The molecule has 1 heterocycles. The Morgan fingerprint density at radius 3 is 2.85 bits per heavy atom. The Morgan fingerprint density at radius 1 is 1.55 bits per heavy atom. The highest BCUT2D eigenvalue weighted by Gasteiger charge is 2.39. The first-order chi connectivity index (χ1) is 9.52. The molecule has 2 unspecified atom stereocenters. The number of H-pyrrole nitrogens is 1. The molecule has 1 aromatic heterocycles. The van der Waals surface area contributed by atoms with Crippen molar-refractivity contribution in [2.75, 3.05) is 7.11 Å². The molecule has 20 heavy (non-hydrogen) atoms. The molecule has 2 N–H and O–H groups in total. The molecule has 1 aliphatic rings. The van der Waals surface area contributed by atoms with Crippen molar-refractivity contribution in [3.05, 3.63) is 21.7 Å². The lowest BCUT2D eigenvalue weighted by molar-refractivity contribution is -0.0651. The van der Waals surface area contributed by atoms with Crippen LogP contribution in [0.4, 0.5) is 0 Å². The van der Waals surface area contributed by atoms with Crippen LogP contribution in [0.1, 0.15) is 57.3 Å². The van der Waals surface area contributed by atoms with Gasteiger partial charge in [0, 0.05) is 7.11 Å². The van der Waals surface area contributed by atoms with Crippen LogP contribution in [0, 0.1) is 5.92 Å². The van der Waals surface area contributed by atoms with Gasteiger partial charge in [-0.3, -0.25) is 4.79 Å². The van der Waals surface area contributed by atoms with E-state index in [4.69, 9.17) is 4.74 Å². The summed E-state index contributed by atoms with van der Waals surface area (Å²) >= 11 is 0. The summed E-state index contributed by atoms with van der Waals surface area (Å²) in [7, 11) is 1.65. The standard InChI is InChI=1S/C15H24N2O3/c1-4-6-11-12(18)16-14(17-13(11)19)15(20-3)8-5-7-10(2)9-15/h10H,4-9H2,1-3H3,(H2,16,17,18,19). The minimum absolute atomic E-state index is 0.153. The maximum absolute atomic E-state index is 12.1. The maximum atomic E-state index is 12.1. The van der Waals surface area contributed by atoms with Crippen molar-refractivity contribution in [2.24, 2.45) is 5.92 Å². The Bertz CT molecular complexity index is 526. The summed E-state index contributed by atoms with van der Waals surface area (Å²) in [6, 6.07) is 0. The molecule has 0 aliphatic heterocycles. The number of hydrogen-bond donors (Lipinski definition) is 2. The van der Waals surface area contributed by atoms with Crippen LogP contribution < -0.4 is 5.56 Å². The quantitative estimate of drug-likeness (QED) is 0.888. The summed E-state index contributed by atoms with van der Waals surface area (Å²) in [5.74, 6) is 0.834. The fourth-order valence-electron chi connectivity index (χ4n) is 3.18. The third-order valence-electron chi connectivity index (χ3n) is 4.27. The zero-order chi connectivity index (χ0) is 14.8. The van der Waals surface area contributed by atoms with Crippen molar-refractivity contribution in [1.82, 2.24) is 9.97 Å². The van der Waals surface area contributed by atoms with Gasteiger partial charge in [-0.25, -0.2) is 0 Å². The van der Waals surface area contributed by atoms with E-state index in [2.05, 4.69) is 16.9 Å². The van der Waals surface area contributed by atoms with Crippen molar-refractivity contribution in [2.45, 2.75) is 58.0 Å². The smallest absolute Gasteiger partial charge is 0.258 e. The molecule has 0 saturated heterocycles. The van der Waals surface area contributed by atoms with Gasteiger partial charge in [0.05, 0.1) is 5.56 Å². The van der Waals surface area contributed by atoms with Gasteiger partial charge in [-0.05, 0) is 31.6 Å². The van der Waals surface area contributed by atoms with E-state index < -0.39 is 5.60 Å². The lowest BCUT2D eigenvalue weighted by atomic mass is 9.78. The van der Waals surface area contributed by atoms with Crippen molar-refractivity contribution in [3.63, 3.8) is 0 Å². The van der Waals surface area contributed by atoms with E-state index in [1.807, 2.05) is 6.92 Å². The summed E-state index contributed by atoms with van der Waals surface area (Å²) in [5, 5.41) is 10.0. The lowest BCUT2D eigenvalue weighted by Gasteiger charge is -2.37. The second-order valence-electron chi connectivity index (χ2n) is 5.87. The lowest BCUT2D eigenvalue weighted by Crippen LogP contribution is -2.38. The van der Waals surface area contributed by atoms with Crippen LogP contribution >= 0.6 is 0 Å². The molecule has 2 rings (SSSR count). The minimum atomic E-state index is -0.570. The van der Waals surface area contributed by atoms with Crippen LogP contribution in [0.25, 0.3) is 0 Å². The Balaban J connectivity index is 2.43. The zero-order valence-electron chi connectivity index (χ0n) is 12.5. The number of aromatic nitrogens is 2. The molecule has 0 aromatic carbocycles. The second-order valence-corrected chi connectivity index (χ2v) is 5.87. The largest absolute Gasteiger partial charge is 0.493 e. The first-order valence-electron chi connectivity index (χ1n) is 7.40. The Kier molecular flexibility index (Phi) is 4.48. The molecule has 0 bridgehead atoms. The molecule has 1 fully saturated rings. The highest BCUT2D eigenvalue weighted by atomic mass is 16.5. The average molecular weight is 280 g/mol. The molecule has 0 spiro atoms. The van der Waals surface area contributed by atoms with Crippen LogP contribution in [0.15, 0.2) is 4.79 Å². The van der Waals surface area contributed by atoms with E-state index in [1.165, 1.54) is 0 Å². The molecular formula is C15H24N2O3. The summed E-state index contributed by atoms with van der Waals surface area (Å²) in [6.45, 7) is 4.14. The SMILES string of the molecule is CCCc1c(O)nc(C2(OC)CCCC(C)C2)[nH]c1=O.